The number of rotatable bonds is 7. The SMILES string of the molecule is CC(C)CC1CCCN1CCC(C)(C)CC1CCNC1. The van der Waals surface area contributed by atoms with Crippen LogP contribution in [0.15, 0.2) is 0 Å². The molecule has 0 aromatic carbocycles. The summed E-state index contributed by atoms with van der Waals surface area (Å²) in [5, 5.41) is 3.51. The largest absolute Gasteiger partial charge is 0.316 e. The molecule has 2 unspecified atom stereocenters. The number of likely N-dealkylation sites (tertiary alicyclic amines) is 1. The van der Waals surface area contributed by atoms with Gasteiger partial charge in [-0.25, -0.2) is 0 Å². The highest BCUT2D eigenvalue weighted by Crippen LogP contribution is 2.33. The molecule has 2 atom stereocenters. The Balaban J connectivity index is 1.74. The van der Waals surface area contributed by atoms with Crippen LogP contribution in [-0.2, 0) is 0 Å². The number of nitrogens with one attached hydrogen (secondary N) is 1. The molecule has 0 radical (unpaired) electrons. The van der Waals surface area contributed by atoms with Gasteiger partial charge < -0.3 is 10.2 Å². The van der Waals surface area contributed by atoms with Crippen LogP contribution in [0.3, 0.4) is 0 Å². The molecule has 0 saturated carbocycles. The van der Waals surface area contributed by atoms with Crippen LogP contribution in [0.5, 0.6) is 0 Å². The molecule has 0 spiro atoms. The third-order valence-electron chi connectivity index (χ3n) is 5.32. The molecule has 0 aliphatic carbocycles. The summed E-state index contributed by atoms with van der Waals surface area (Å²) in [5.41, 5.74) is 0.516. The third kappa shape index (κ3) is 5.04. The fraction of sp³-hybridized carbons (Fsp3) is 1.00. The van der Waals surface area contributed by atoms with Gasteiger partial charge in [0, 0.05) is 6.04 Å². The lowest BCUT2D eigenvalue weighted by atomic mass is 9.79. The summed E-state index contributed by atoms with van der Waals surface area (Å²) < 4.78 is 0. The van der Waals surface area contributed by atoms with E-state index in [4.69, 9.17) is 0 Å². The molecule has 1 N–H and O–H groups in total. The topological polar surface area (TPSA) is 15.3 Å². The zero-order valence-electron chi connectivity index (χ0n) is 14.3. The van der Waals surface area contributed by atoms with Crippen LogP contribution in [-0.4, -0.2) is 37.1 Å². The minimum atomic E-state index is 0.516. The van der Waals surface area contributed by atoms with Crippen molar-refractivity contribution in [3.63, 3.8) is 0 Å². The first-order chi connectivity index (χ1) is 9.46. The van der Waals surface area contributed by atoms with Crippen LogP contribution in [0.1, 0.15) is 66.2 Å². The normalized spacial score (nSPS) is 28.6. The molecule has 2 fully saturated rings. The van der Waals surface area contributed by atoms with Gasteiger partial charge in [-0.3, -0.25) is 0 Å². The van der Waals surface area contributed by atoms with Crippen molar-refractivity contribution >= 4 is 0 Å². The Hall–Kier alpha value is -0.0800. The molecule has 0 aromatic heterocycles. The maximum absolute atomic E-state index is 3.51. The fourth-order valence-corrected chi connectivity index (χ4v) is 4.22. The van der Waals surface area contributed by atoms with E-state index in [-0.39, 0.29) is 0 Å². The van der Waals surface area contributed by atoms with E-state index in [9.17, 15) is 0 Å². The summed E-state index contributed by atoms with van der Waals surface area (Å²) in [6.45, 7) is 14.9. The van der Waals surface area contributed by atoms with Gasteiger partial charge in [0.1, 0.15) is 0 Å². The van der Waals surface area contributed by atoms with E-state index in [1.165, 1.54) is 64.7 Å². The van der Waals surface area contributed by atoms with E-state index in [1.807, 2.05) is 0 Å². The molecular formula is C18H36N2. The average Bonchev–Trinajstić information content (AvgIpc) is 2.97. The number of nitrogens with zero attached hydrogens (tertiary/aromatic N) is 1. The first kappa shape index (κ1) is 16.3. The van der Waals surface area contributed by atoms with Gasteiger partial charge in [0.25, 0.3) is 0 Å². The van der Waals surface area contributed by atoms with Crippen molar-refractivity contribution in [2.75, 3.05) is 26.2 Å². The lowest BCUT2D eigenvalue weighted by Crippen LogP contribution is -2.34. The highest BCUT2D eigenvalue weighted by molar-refractivity contribution is 4.84. The van der Waals surface area contributed by atoms with E-state index < -0.39 is 0 Å². The second-order valence-corrected chi connectivity index (χ2v) is 8.44. The van der Waals surface area contributed by atoms with Crippen LogP contribution in [0.2, 0.25) is 0 Å². The zero-order valence-corrected chi connectivity index (χ0v) is 14.3. The molecule has 2 aliphatic rings. The summed E-state index contributed by atoms with van der Waals surface area (Å²) in [6, 6.07) is 0.874. The first-order valence-electron chi connectivity index (χ1n) is 8.91. The molecule has 2 aliphatic heterocycles. The summed E-state index contributed by atoms with van der Waals surface area (Å²) in [5.74, 6) is 1.77. The standard InChI is InChI=1S/C18H36N2/c1-15(2)12-17-6-5-10-20(17)11-8-18(3,4)13-16-7-9-19-14-16/h15-17,19H,5-14H2,1-4H3. The van der Waals surface area contributed by atoms with Crippen LogP contribution in [0.4, 0.5) is 0 Å². The van der Waals surface area contributed by atoms with Crippen LogP contribution in [0.25, 0.3) is 0 Å². The summed E-state index contributed by atoms with van der Waals surface area (Å²) >= 11 is 0. The quantitative estimate of drug-likeness (QED) is 0.760. The van der Waals surface area contributed by atoms with Crippen LogP contribution in [0, 0.1) is 17.3 Å². The molecule has 2 saturated heterocycles. The van der Waals surface area contributed by atoms with E-state index in [0.717, 1.165) is 17.9 Å². The monoisotopic (exact) mass is 280 g/mol. The lowest BCUT2D eigenvalue weighted by molar-refractivity contribution is 0.171. The Morgan fingerprint density at radius 3 is 2.70 bits per heavy atom. The van der Waals surface area contributed by atoms with Gasteiger partial charge in [-0.1, -0.05) is 27.7 Å². The molecule has 2 rings (SSSR count). The number of hydrogen-bond donors (Lipinski definition) is 1. The summed E-state index contributed by atoms with van der Waals surface area (Å²) in [7, 11) is 0. The molecule has 0 bridgehead atoms. The maximum atomic E-state index is 3.51. The molecule has 20 heavy (non-hydrogen) atoms. The average molecular weight is 280 g/mol. The summed E-state index contributed by atoms with van der Waals surface area (Å²) in [6.07, 6.45) is 8.42. The molecule has 0 aromatic rings. The first-order valence-corrected chi connectivity index (χ1v) is 8.91. The minimum Gasteiger partial charge on any atom is -0.316 e. The van der Waals surface area contributed by atoms with Crippen molar-refractivity contribution in [3.8, 4) is 0 Å². The molecular weight excluding hydrogens is 244 g/mol. The molecule has 2 nitrogen and oxygen atoms in total. The Morgan fingerprint density at radius 2 is 2.05 bits per heavy atom. The Labute approximate surface area is 126 Å². The van der Waals surface area contributed by atoms with Gasteiger partial charge in [-0.2, -0.15) is 0 Å². The van der Waals surface area contributed by atoms with Gasteiger partial charge in [-0.15, -0.1) is 0 Å². The molecule has 2 heterocycles. The van der Waals surface area contributed by atoms with Crippen molar-refractivity contribution in [2.24, 2.45) is 17.3 Å². The van der Waals surface area contributed by atoms with Crippen LogP contribution >= 0.6 is 0 Å². The molecule has 0 amide bonds. The molecule has 118 valence electrons. The Morgan fingerprint density at radius 1 is 1.25 bits per heavy atom. The second-order valence-electron chi connectivity index (χ2n) is 8.44. The molecule has 2 heteroatoms. The van der Waals surface area contributed by atoms with Crippen molar-refractivity contribution in [3.05, 3.63) is 0 Å². The van der Waals surface area contributed by atoms with Crippen molar-refractivity contribution in [1.29, 1.82) is 0 Å². The van der Waals surface area contributed by atoms with Gasteiger partial charge in [0.05, 0.1) is 0 Å². The summed E-state index contributed by atoms with van der Waals surface area (Å²) in [4.78, 5) is 2.79. The van der Waals surface area contributed by atoms with Gasteiger partial charge >= 0.3 is 0 Å². The van der Waals surface area contributed by atoms with Crippen molar-refractivity contribution in [2.45, 2.75) is 72.3 Å². The van der Waals surface area contributed by atoms with E-state index in [1.54, 1.807) is 0 Å². The van der Waals surface area contributed by atoms with Gasteiger partial charge in [0.2, 0.25) is 0 Å². The predicted octanol–water partition coefficient (Wildman–Crippen LogP) is 3.91. The smallest absolute Gasteiger partial charge is 0.00981 e. The zero-order chi connectivity index (χ0) is 14.6. The van der Waals surface area contributed by atoms with E-state index in [2.05, 4.69) is 37.9 Å². The fourth-order valence-electron chi connectivity index (χ4n) is 4.22. The second kappa shape index (κ2) is 7.26. The Bertz CT molecular complexity index is 279. The maximum Gasteiger partial charge on any atom is 0.00981 e. The minimum absolute atomic E-state index is 0.516. The van der Waals surface area contributed by atoms with E-state index >= 15 is 0 Å². The number of hydrogen-bond acceptors (Lipinski definition) is 2. The van der Waals surface area contributed by atoms with Gasteiger partial charge in [-0.05, 0) is 82.0 Å². The van der Waals surface area contributed by atoms with Crippen molar-refractivity contribution < 1.29 is 0 Å². The Kier molecular flexibility index (Phi) is 5.92. The predicted molar refractivity (Wildman–Crippen MR) is 88.0 cm³/mol. The highest BCUT2D eigenvalue weighted by atomic mass is 15.2. The third-order valence-corrected chi connectivity index (χ3v) is 5.32. The lowest BCUT2D eigenvalue weighted by Gasteiger charge is -2.32. The highest BCUT2D eigenvalue weighted by Gasteiger charge is 2.29. The van der Waals surface area contributed by atoms with E-state index in [0.29, 0.717) is 5.41 Å². The van der Waals surface area contributed by atoms with Crippen LogP contribution < -0.4 is 5.32 Å². The van der Waals surface area contributed by atoms with Crippen molar-refractivity contribution in [1.82, 2.24) is 10.2 Å². The van der Waals surface area contributed by atoms with Gasteiger partial charge in [0.15, 0.2) is 0 Å².